The highest BCUT2D eigenvalue weighted by atomic mass is 32.2. The molecule has 1 aromatic heterocycles. The summed E-state index contributed by atoms with van der Waals surface area (Å²) >= 11 is 1.48. The van der Waals surface area contributed by atoms with Crippen molar-refractivity contribution in [2.75, 3.05) is 0 Å². The molecule has 5 heteroatoms. The fourth-order valence-corrected chi connectivity index (χ4v) is 2.94. The fraction of sp³-hybridized carbons (Fsp3) is 0.375. The van der Waals surface area contributed by atoms with Crippen molar-refractivity contribution in [3.05, 3.63) is 62.8 Å². The van der Waals surface area contributed by atoms with Crippen LogP contribution in [0.4, 0.5) is 0 Å². The van der Waals surface area contributed by atoms with Crippen LogP contribution in [0, 0.1) is 0 Å². The lowest BCUT2D eigenvalue weighted by atomic mass is 10.1. The largest absolute Gasteiger partial charge is 0.329 e. The molecule has 0 aliphatic carbocycles. The number of benzene rings is 1. The number of H-pyrrole nitrogens is 1. The third kappa shape index (κ3) is 4.63. The molecule has 0 atom stereocenters. The molecular formula is C16H20N2O2S. The zero-order valence-electron chi connectivity index (χ0n) is 12.6. The van der Waals surface area contributed by atoms with Gasteiger partial charge in [-0.3, -0.25) is 9.36 Å². The molecule has 112 valence electrons. The predicted molar refractivity (Wildman–Crippen MR) is 87.1 cm³/mol. The van der Waals surface area contributed by atoms with E-state index >= 15 is 0 Å². The van der Waals surface area contributed by atoms with Crippen LogP contribution in [0.25, 0.3) is 0 Å². The van der Waals surface area contributed by atoms with E-state index in [9.17, 15) is 9.59 Å². The molecule has 2 aromatic rings. The first-order chi connectivity index (χ1) is 9.85. The molecule has 2 rings (SSSR count). The Morgan fingerprint density at radius 3 is 2.38 bits per heavy atom. The Hall–Kier alpha value is -1.75. The molecule has 0 spiro atoms. The second-order valence-corrected chi connectivity index (χ2v) is 7.75. The number of hydrogen-bond acceptors (Lipinski definition) is 3. The van der Waals surface area contributed by atoms with E-state index in [0.717, 1.165) is 5.56 Å². The van der Waals surface area contributed by atoms with Gasteiger partial charge in [0.05, 0.1) is 5.03 Å². The van der Waals surface area contributed by atoms with Crippen LogP contribution in [0.15, 0.2) is 51.0 Å². The Bertz CT molecular complexity index is 680. The zero-order chi connectivity index (χ0) is 15.5. The zero-order valence-corrected chi connectivity index (χ0v) is 13.4. The van der Waals surface area contributed by atoms with Gasteiger partial charge in [-0.2, -0.15) is 0 Å². The van der Waals surface area contributed by atoms with Crippen molar-refractivity contribution < 1.29 is 0 Å². The van der Waals surface area contributed by atoms with Gasteiger partial charge >= 0.3 is 5.69 Å². The van der Waals surface area contributed by atoms with Gasteiger partial charge in [0.2, 0.25) is 0 Å². The molecule has 0 amide bonds. The van der Waals surface area contributed by atoms with Gasteiger partial charge in [-0.15, -0.1) is 11.8 Å². The molecule has 0 saturated carbocycles. The van der Waals surface area contributed by atoms with Gasteiger partial charge in [0.15, 0.2) is 0 Å². The maximum absolute atomic E-state index is 12.1. The Morgan fingerprint density at radius 1 is 1.14 bits per heavy atom. The van der Waals surface area contributed by atoms with Gasteiger partial charge in [-0.25, -0.2) is 4.79 Å². The number of aromatic nitrogens is 2. The second kappa shape index (κ2) is 6.35. The molecule has 0 aliphatic heterocycles. The first-order valence-corrected chi connectivity index (χ1v) is 7.74. The molecule has 0 fully saturated rings. The summed E-state index contributed by atoms with van der Waals surface area (Å²) in [6, 6.07) is 11.3. The van der Waals surface area contributed by atoms with E-state index in [0.29, 0.717) is 18.0 Å². The third-order valence-corrected chi connectivity index (χ3v) is 3.93. The molecule has 0 bridgehead atoms. The number of rotatable bonds is 4. The maximum Gasteiger partial charge on any atom is 0.329 e. The second-order valence-electron chi connectivity index (χ2n) is 5.88. The summed E-state index contributed by atoms with van der Waals surface area (Å²) in [6.07, 6.45) is 0.662. The van der Waals surface area contributed by atoms with Crippen LogP contribution in [0.1, 0.15) is 26.3 Å². The van der Waals surface area contributed by atoms with Crippen LogP contribution in [0.2, 0.25) is 0 Å². The number of nitrogens with zero attached hydrogens (tertiary/aromatic N) is 1. The van der Waals surface area contributed by atoms with Crippen LogP contribution in [-0.4, -0.2) is 14.3 Å². The lowest BCUT2D eigenvalue weighted by Crippen LogP contribution is -2.35. The number of thioether (sulfide) groups is 1. The van der Waals surface area contributed by atoms with Crippen molar-refractivity contribution in [1.29, 1.82) is 0 Å². The Balaban J connectivity index is 2.18. The molecule has 0 radical (unpaired) electrons. The van der Waals surface area contributed by atoms with Crippen molar-refractivity contribution in [2.45, 2.75) is 43.5 Å². The lowest BCUT2D eigenvalue weighted by molar-refractivity contribution is 0.616. The lowest BCUT2D eigenvalue weighted by Gasteiger charge is -2.17. The number of aromatic amines is 1. The SMILES string of the molecule is CC(C)(C)Sc1cc(=O)n(CCc2ccccc2)c(=O)[nH]1. The Kier molecular flexibility index (Phi) is 4.73. The summed E-state index contributed by atoms with van der Waals surface area (Å²) in [5.41, 5.74) is 0.517. The summed E-state index contributed by atoms with van der Waals surface area (Å²) < 4.78 is 1.20. The molecule has 0 saturated heterocycles. The van der Waals surface area contributed by atoms with Gasteiger partial charge in [0.1, 0.15) is 0 Å². The van der Waals surface area contributed by atoms with E-state index in [1.807, 2.05) is 51.1 Å². The molecule has 1 N–H and O–H groups in total. The van der Waals surface area contributed by atoms with Gasteiger partial charge in [0.25, 0.3) is 5.56 Å². The highest BCUT2D eigenvalue weighted by Gasteiger charge is 2.14. The summed E-state index contributed by atoms with van der Waals surface area (Å²) in [5.74, 6) is 0. The summed E-state index contributed by atoms with van der Waals surface area (Å²) in [7, 11) is 0. The van der Waals surface area contributed by atoms with Crippen LogP contribution in [0.5, 0.6) is 0 Å². The number of hydrogen-bond donors (Lipinski definition) is 1. The quantitative estimate of drug-likeness (QED) is 0.698. The summed E-state index contributed by atoms with van der Waals surface area (Å²) in [6.45, 7) is 6.50. The average molecular weight is 304 g/mol. The van der Waals surface area contributed by atoms with E-state index in [4.69, 9.17) is 0 Å². The van der Waals surface area contributed by atoms with E-state index < -0.39 is 0 Å². The van der Waals surface area contributed by atoms with E-state index in [-0.39, 0.29) is 16.0 Å². The minimum Gasteiger partial charge on any atom is -0.302 e. The highest BCUT2D eigenvalue weighted by molar-refractivity contribution is 8.00. The van der Waals surface area contributed by atoms with Gasteiger partial charge in [-0.05, 0) is 12.0 Å². The summed E-state index contributed by atoms with van der Waals surface area (Å²) in [5, 5.41) is 0.619. The fourth-order valence-electron chi connectivity index (χ4n) is 1.98. The monoisotopic (exact) mass is 304 g/mol. The average Bonchev–Trinajstić information content (AvgIpc) is 2.37. The maximum atomic E-state index is 12.1. The number of nitrogens with one attached hydrogen (secondary N) is 1. The van der Waals surface area contributed by atoms with Crippen molar-refractivity contribution >= 4 is 11.8 Å². The predicted octanol–water partition coefficient (Wildman–Crippen LogP) is 2.67. The molecule has 0 aliphatic rings. The van der Waals surface area contributed by atoms with Crippen molar-refractivity contribution in [3.63, 3.8) is 0 Å². The smallest absolute Gasteiger partial charge is 0.302 e. The van der Waals surface area contributed by atoms with Crippen molar-refractivity contribution in [3.8, 4) is 0 Å². The molecule has 21 heavy (non-hydrogen) atoms. The van der Waals surface area contributed by atoms with Crippen LogP contribution in [0.3, 0.4) is 0 Å². The minimum absolute atomic E-state index is 0.0500. The van der Waals surface area contributed by atoms with Crippen LogP contribution >= 0.6 is 11.8 Å². The Labute approximate surface area is 128 Å². The normalized spacial score (nSPS) is 11.6. The first-order valence-electron chi connectivity index (χ1n) is 6.92. The first kappa shape index (κ1) is 15.6. The van der Waals surface area contributed by atoms with Gasteiger partial charge in [0, 0.05) is 17.4 Å². The van der Waals surface area contributed by atoms with Crippen LogP contribution in [-0.2, 0) is 13.0 Å². The van der Waals surface area contributed by atoms with Crippen molar-refractivity contribution in [1.82, 2.24) is 9.55 Å². The van der Waals surface area contributed by atoms with E-state index in [2.05, 4.69) is 4.98 Å². The summed E-state index contributed by atoms with van der Waals surface area (Å²) in [4.78, 5) is 26.9. The van der Waals surface area contributed by atoms with E-state index in [1.54, 1.807) is 0 Å². The molecule has 1 heterocycles. The van der Waals surface area contributed by atoms with Crippen LogP contribution < -0.4 is 11.2 Å². The third-order valence-electron chi connectivity index (χ3n) is 2.88. The Morgan fingerprint density at radius 2 is 1.81 bits per heavy atom. The van der Waals surface area contributed by atoms with Gasteiger partial charge in [-0.1, -0.05) is 51.1 Å². The molecular weight excluding hydrogens is 284 g/mol. The molecule has 1 aromatic carbocycles. The van der Waals surface area contributed by atoms with Crippen molar-refractivity contribution in [2.24, 2.45) is 0 Å². The molecule has 4 nitrogen and oxygen atoms in total. The topological polar surface area (TPSA) is 54.9 Å². The van der Waals surface area contributed by atoms with E-state index in [1.165, 1.54) is 22.4 Å². The number of aryl methyl sites for hydroxylation is 1. The minimum atomic E-state index is -0.342. The van der Waals surface area contributed by atoms with Gasteiger partial charge < -0.3 is 4.98 Å². The standard InChI is InChI=1S/C16H20N2O2S/c1-16(2,3)21-13-11-14(19)18(15(20)17-13)10-9-12-7-5-4-6-8-12/h4-8,11H,9-10H2,1-3H3,(H,17,20). The molecule has 0 unspecified atom stereocenters. The highest BCUT2D eigenvalue weighted by Crippen LogP contribution is 2.28.